The monoisotopic (exact) mass is 625 g/mol. The number of hydrogen-bond donors (Lipinski definition) is 3. The summed E-state index contributed by atoms with van der Waals surface area (Å²) >= 11 is 0. The molecule has 0 unspecified atom stereocenters. The quantitative estimate of drug-likeness (QED) is 0.196. The Morgan fingerprint density at radius 2 is 1.91 bits per heavy atom. The Labute approximate surface area is 265 Å². The van der Waals surface area contributed by atoms with Crippen molar-refractivity contribution < 1.29 is 33.7 Å². The lowest BCUT2D eigenvalue weighted by molar-refractivity contribution is -0.127. The molecule has 0 bridgehead atoms. The van der Waals surface area contributed by atoms with Crippen LogP contribution in [0.15, 0.2) is 60.8 Å². The van der Waals surface area contributed by atoms with Gasteiger partial charge in [-0.25, -0.2) is 9.37 Å². The van der Waals surface area contributed by atoms with Crippen LogP contribution in [0.3, 0.4) is 0 Å². The summed E-state index contributed by atoms with van der Waals surface area (Å²) in [5.74, 6) is 0.0421. The summed E-state index contributed by atoms with van der Waals surface area (Å²) in [4.78, 5) is 36.3. The number of ketones is 1. The molecule has 9 nitrogen and oxygen atoms in total. The maximum atomic E-state index is 13.8. The maximum absolute atomic E-state index is 13.8. The number of aromatic nitrogens is 2. The van der Waals surface area contributed by atoms with Crippen LogP contribution in [0.4, 0.5) is 4.39 Å². The highest BCUT2D eigenvalue weighted by atomic mass is 19.1. The van der Waals surface area contributed by atoms with E-state index in [1.807, 2.05) is 12.1 Å². The van der Waals surface area contributed by atoms with Crippen molar-refractivity contribution in [2.75, 3.05) is 13.2 Å². The number of carbonyl (C=O) groups excluding carboxylic acids is 2. The Morgan fingerprint density at radius 3 is 2.63 bits per heavy atom. The van der Waals surface area contributed by atoms with Gasteiger partial charge in [0.2, 0.25) is 5.91 Å². The van der Waals surface area contributed by atoms with Gasteiger partial charge >= 0.3 is 0 Å². The molecule has 0 saturated heterocycles. The molecule has 2 atom stereocenters. The minimum atomic E-state index is -1.58. The van der Waals surface area contributed by atoms with Gasteiger partial charge < -0.3 is 25.0 Å². The van der Waals surface area contributed by atoms with E-state index < -0.39 is 22.4 Å². The molecule has 2 aromatic heterocycles. The van der Waals surface area contributed by atoms with Crippen LogP contribution in [0.5, 0.6) is 11.5 Å². The fraction of sp³-hybridized carbons (Fsp3) is 0.389. The van der Waals surface area contributed by atoms with E-state index in [9.17, 15) is 24.2 Å². The van der Waals surface area contributed by atoms with Crippen molar-refractivity contribution in [3.8, 4) is 22.8 Å². The first-order valence-electron chi connectivity index (χ1n) is 15.7. The number of ether oxygens (including phenoxy) is 2. The molecule has 0 radical (unpaired) electrons. The highest BCUT2D eigenvalue weighted by Crippen LogP contribution is 2.46. The van der Waals surface area contributed by atoms with E-state index in [0.717, 1.165) is 18.2 Å². The van der Waals surface area contributed by atoms with Crippen LogP contribution in [0, 0.1) is 5.82 Å². The van der Waals surface area contributed by atoms with Crippen molar-refractivity contribution in [3.05, 3.63) is 83.4 Å². The predicted octanol–water partition coefficient (Wildman–Crippen LogP) is 5.14. The first-order valence-corrected chi connectivity index (χ1v) is 15.7. The lowest BCUT2D eigenvalue weighted by Gasteiger charge is -2.27. The molecule has 3 aliphatic rings. The Morgan fingerprint density at radius 1 is 1.15 bits per heavy atom. The fourth-order valence-electron chi connectivity index (χ4n) is 5.82. The molecule has 2 saturated carbocycles. The number of fused-ring (bicyclic) bond motifs is 2. The minimum absolute atomic E-state index is 0.0130. The molecule has 3 N–H and O–H groups in total. The molecule has 3 heterocycles. The molecule has 10 heteroatoms. The molecule has 1 amide bonds. The number of carbonyl (C=O) groups is 2. The van der Waals surface area contributed by atoms with E-state index in [4.69, 9.17) is 14.5 Å². The van der Waals surface area contributed by atoms with Crippen molar-refractivity contribution in [2.24, 2.45) is 0 Å². The van der Waals surface area contributed by atoms with Crippen molar-refractivity contribution in [2.45, 2.75) is 75.1 Å². The largest absolute Gasteiger partial charge is 0.489 e. The number of benzene rings is 2. The summed E-state index contributed by atoms with van der Waals surface area (Å²) in [6, 6.07) is 14.6. The second kappa shape index (κ2) is 11.1. The van der Waals surface area contributed by atoms with Gasteiger partial charge in [0.15, 0.2) is 5.78 Å². The number of nitrogens with one attached hydrogen (secondary N) is 1. The van der Waals surface area contributed by atoms with Crippen LogP contribution < -0.4 is 14.8 Å². The number of rotatable bonds is 11. The van der Waals surface area contributed by atoms with E-state index in [2.05, 4.69) is 10.3 Å². The zero-order chi connectivity index (χ0) is 32.3. The molecule has 2 fully saturated rings. The molecule has 4 aromatic rings. The lowest BCUT2D eigenvalue weighted by atomic mass is 9.81. The predicted molar refractivity (Wildman–Crippen MR) is 168 cm³/mol. The SMILES string of the molecule is C[C@](O)(CCC(=O)c1cc(OC2CC2)c2ncccc2c1)c1cc2c(c(-c3ccc(F)cc3)n1)OC[C@]2(C)C(=O)NCC1(O)CC1. The smallest absolute Gasteiger partial charge is 0.234 e. The topological polar surface area (TPSA) is 131 Å². The van der Waals surface area contributed by atoms with Gasteiger partial charge in [-0.1, -0.05) is 6.07 Å². The average Bonchev–Trinajstić information content (AvgIpc) is 3.98. The number of halogens is 1. The zero-order valence-electron chi connectivity index (χ0n) is 25.8. The number of hydrogen-bond acceptors (Lipinski definition) is 8. The zero-order valence-corrected chi connectivity index (χ0v) is 25.8. The van der Waals surface area contributed by atoms with Gasteiger partial charge in [-0.15, -0.1) is 0 Å². The van der Waals surface area contributed by atoms with Gasteiger partial charge in [-0.3, -0.25) is 14.6 Å². The Kier molecular flexibility index (Phi) is 7.32. The van der Waals surface area contributed by atoms with Gasteiger partial charge in [0, 0.05) is 41.2 Å². The molecular formula is C36H36FN3O6. The number of aliphatic hydroxyl groups is 2. The molecule has 2 aliphatic carbocycles. The van der Waals surface area contributed by atoms with E-state index >= 15 is 0 Å². The summed E-state index contributed by atoms with van der Waals surface area (Å²) < 4.78 is 26.0. The third kappa shape index (κ3) is 5.83. The van der Waals surface area contributed by atoms with E-state index in [1.165, 1.54) is 12.1 Å². The standard InChI is InChI=1S/C36H36FN3O6/c1-34(33(42)39-19-36(44)13-14-36)20-45-32-26(34)18-29(40-31(32)21-5-7-24(37)8-6-21)35(2,43)12-11-27(41)23-16-22-4-3-15-38-30(22)28(17-23)46-25-9-10-25/h3-8,15-18,25,43-44H,9-14,19-20H2,1-2H3,(H,39,42)/t34-,35-/m0/s1. The molecule has 46 heavy (non-hydrogen) atoms. The van der Waals surface area contributed by atoms with Crippen molar-refractivity contribution in [1.82, 2.24) is 15.3 Å². The molecular weight excluding hydrogens is 589 g/mol. The van der Waals surface area contributed by atoms with Gasteiger partial charge in [-0.2, -0.15) is 0 Å². The first kappa shape index (κ1) is 30.3. The minimum Gasteiger partial charge on any atom is -0.489 e. The second-order valence-electron chi connectivity index (χ2n) is 13.3. The van der Waals surface area contributed by atoms with Gasteiger partial charge in [0.25, 0.3) is 0 Å². The maximum Gasteiger partial charge on any atom is 0.234 e. The van der Waals surface area contributed by atoms with Gasteiger partial charge in [0.05, 0.1) is 17.4 Å². The fourth-order valence-corrected chi connectivity index (χ4v) is 5.82. The normalized spacial score (nSPS) is 20.8. The van der Waals surface area contributed by atoms with Gasteiger partial charge in [-0.05, 0) is 94.5 Å². The second-order valence-corrected chi connectivity index (χ2v) is 13.3. The van der Waals surface area contributed by atoms with Crippen LogP contribution >= 0.6 is 0 Å². The Bertz CT molecular complexity index is 1850. The van der Waals surface area contributed by atoms with E-state index in [-0.39, 0.29) is 49.5 Å². The van der Waals surface area contributed by atoms with Crippen LogP contribution in [0.1, 0.15) is 74.0 Å². The summed E-state index contributed by atoms with van der Waals surface area (Å²) in [7, 11) is 0. The third-order valence-electron chi connectivity index (χ3n) is 9.30. The summed E-state index contributed by atoms with van der Waals surface area (Å²) in [5, 5.41) is 25.8. The van der Waals surface area contributed by atoms with Crippen LogP contribution in [-0.4, -0.2) is 56.7 Å². The summed E-state index contributed by atoms with van der Waals surface area (Å²) in [5.41, 5.74) is -0.734. The molecule has 7 rings (SSSR count). The third-order valence-corrected chi connectivity index (χ3v) is 9.30. The number of nitrogens with zero attached hydrogens (tertiary/aromatic N) is 2. The first-order chi connectivity index (χ1) is 21.9. The Balaban J connectivity index is 1.19. The summed E-state index contributed by atoms with van der Waals surface area (Å²) in [6.45, 7) is 3.49. The number of amides is 1. The number of Topliss-reactive ketones (excluding diaryl/α,β-unsaturated/α-hetero) is 1. The van der Waals surface area contributed by atoms with Gasteiger partial charge in [0.1, 0.15) is 46.1 Å². The average molecular weight is 626 g/mol. The number of pyridine rings is 2. The molecule has 2 aromatic carbocycles. The van der Waals surface area contributed by atoms with Crippen molar-refractivity contribution in [3.63, 3.8) is 0 Å². The van der Waals surface area contributed by atoms with Crippen LogP contribution in [-0.2, 0) is 15.8 Å². The van der Waals surface area contributed by atoms with E-state index in [1.54, 1.807) is 50.4 Å². The highest BCUT2D eigenvalue weighted by Gasteiger charge is 2.48. The van der Waals surface area contributed by atoms with Crippen LogP contribution in [0.25, 0.3) is 22.2 Å². The highest BCUT2D eigenvalue weighted by molar-refractivity contribution is 6.01. The van der Waals surface area contributed by atoms with Crippen LogP contribution in [0.2, 0.25) is 0 Å². The van der Waals surface area contributed by atoms with Crippen molar-refractivity contribution in [1.29, 1.82) is 0 Å². The molecule has 1 aliphatic heterocycles. The summed E-state index contributed by atoms with van der Waals surface area (Å²) in [6.07, 6.45) is 5.08. The van der Waals surface area contributed by atoms with E-state index in [0.29, 0.717) is 52.2 Å². The lowest BCUT2D eigenvalue weighted by Crippen LogP contribution is -2.46. The van der Waals surface area contributed by atoms with Crippen molar-refractivity contribution >= 4 is 22.6 Å². The molecule has 0 spiro atoms. The Hall–Kier alpha value is -4.41. The molecule has 238 valence electrons.